The Kier molecular flexibility index (Phi) is 4.23. The number of imide groups is 3. The summed E-state index contributed by atoms with van der Waals surface area (Å²) in [5, 5.41) is 7.51. The number of rotatable bonds is 0. The van der Waals surface area contributed by atoms with Crippen molar-refractivity contribution in [1.29, 1.82) is 0 Å². The minimum Gasteiger partial charge on any atom is -0.342 e. The highest BCUT2D eigenvalue weighted by Gasteiger charge is 2.34. The van der Waals surface area contributed by atoms with E-state index in [9.17, 15) is 28.8 Å². The Hall–Kier alpha value is -4.28. The molecule has 2 fully saturated rings. The summed E-state index contributed by atoms with van der Waals surface area (Å²) in [5.41, 5.74) is -0.592. The maximum Gasteiger partial charge on any atom is 0.328 e. The van der Waals surface area contributed by atoms with E-state index in [1.165, 1.54) is 18.7 Å². The maximum absolute atomic E-state index is 12.9. The SMILES string of the molecule is CN1C(=O)NCC(=O)/C(=c2/c3ccccc3c(=C3C(=O)NC(=O)NC3=O)n2C)C1=O. The molecule has 2 aliphatic heterocycles. The summed E-state index contributed by atoms with van der Waals surface area (Å²) in [7, 11) is 2.73. The second kappa shape index (κ2) is 6.65. The first-order chi connectivity index (χ1) is 14.2. The van der Waals surface area contributed by atoms with E-state index >= 15 is 0 Å². The summed E-state index contributed by atoms with van der Waals surface area (Å²) in [4.78, 5) is 74.7. The van der Waals surface area contributed by atoms with E-state index in [0.717, 1.165) is 4.90 Å². The number of benzene rings is 1. The molecule has 152 valence electrons. The average molecular weight is 409 g/mol. The number of carbonyl (C=O) groups is 6. The molecule has 2 aliphatic rings. The molecular formula is C19H15N5O6. The fraction of sp³-hybridized carbons (Fsp3) is 0.158. The molecule has 0 bridgehead atoms. The van der Waals surface area contributed by atoms with Gasteiger partial charge in [0.15, 0.2) is 5.78 Å². The highest BCUT2D eigenvalue weighted by molar-refractivity contribution is 6.47. The predicted molar refractivity (Wildman–Crippen MR) is 102 cm³/mol. The van der Waals surface area contributed by atoms with Crippen molar-refractivity contribution in [2.75, 3.05) is 13.6 Å². The summed E-state index contributed by atoms with van der Waals surface area (Å²) >= 11 is 0. The molecule has 3 heterocycles. The van der Waals surface area contributed by atoms with Crippen LogP contribution in [0.25, 0.3) is 21.9 Å². The van der Waals surface area contributed by atoms with Gasteiger partial charge in [-0.3, -0.25) is 34.7 Å². The van der Waals surface area contributed by atoms with Gasteiger partial charge in [0.2, 0.25) is 0 Å². The zero-order chi connectivity index (χ0) is 21.7. The fourth-order valence-electron chi connectivity index (χ4n) is 3.63. The minimum absolute atomic E-state index is 0.127. The van der Waals surface area contributed by atoms with Crippen LogP contribution in [0.3, 0.4) is 0 Å². The molecule has 0 spiro atoms. The van der Waals surface area contributed by atoms with Crippen molar-refractivity contribution >= 4 is 57.5 Å². The maximum atomic E-state index is 12.9. The van der Waals surface area contributed by atoms with Gasteiger partial charge in [0, 0.05) is 24.9 Å². The Morgan fingerprint density at radius 1 is 0.800 bits per heavy atom. The second-order valence-electron chi connectivity index (χ2n) is 6.74. The molecule has 1 aromatic carbocycles. The summed E-state index contributed by atoms with van der Waals surface area (Å²) < 4.78 is 1.38. The van der Waals surface area contributed by atoms with Gasteiger partial charge in [0.05, 0.1) is 17.2 Å². The Labute approximate surface area is 168 Å². The van der Waals surface area contributed by atoms with Crippen LogP contribution < -0.4 is 26.6 Å². The first kappa shape index (κ1) is 19.1. The fourth-order valence-corrected chi connectivity index (χ4v) is 3.63. The monoisotopic (exact) mass is 409 g/mol. The Balaban J connectivity index is 2.22. The largest absolute Gasteiger partial charge is 0.342 e. The van der Waals surface area contributed by atoms with E-state index < -0.39 is 35.6 Å². The Morgan fingerprint density at radius 3 is 1.90 bits per heavy atom. The molecule has 7 amide bonds. The number of hydrogen-bond acceptors (Lipinski definition) is 6. The van der Waals surface area contributed by atoms with Gasteiger partial charge in [-0.2, -0.15) is 0 Å². The van der Waals surface area contributed by atoms with Crippen molar-refractivity contribution in [1.82, 2.24) is 25.4 Å². The standard InChI is InChI=1S/C19H15N5O6/c1-23-13(11-10(25)7-20-19(30)24(2)17(11)28)8-5-3-4-6-9(8)14(23)12-15(26)21-18(29)22-16(12)27/h3-6H,7H2,1-2H3,(H,20,30)(H2,21,22,26,27,29)/b13-11+. The number of fused-ring (bicyclic) bond motifs is 1. The summed E-state index contributed by atoms with van der Waals surface area (Å²) in [6.45, 7) is -0.384. The van der Waals surface area contributed by atoms with Gasteiger partial charge >= 0.3 is 12.1 Å². The highest BCUT2D eigenvalue weighted by Crippen LogP contribution is 2.13. The molecule has 0 atom stereocenters. The first-order valence-electron chi connectivity index (χ1n) is 8.80. The smallest absolute Gasteiger partial charge is 0.328 e. The number of carbonyl (C=O) groups excluding carboxylic acids is 6. The van der Waals surface area contributed by atoms with Gasteiger partial charge in [-0.1, -0.05) is 24.3 Å². The van der Waals surface area contributed by atoms with Crippen LogP contribution in [0.2, 0.25) is 0 Å². The summed E-state index contributed by atoms with van der Waals surface area (Å²) in [5.74, 6) is -3.24. The number of urea groups is 2. The van der Waals surface area contributed by atoms with Crippen molar-refractivity contribution in [3.05, 3.63) is 35.0 Å². The van der Waals surface area contributed by atoms with Gasteiger partial charge < -0.3 is 9.88 Å². The number of amides is 7. The van der Waals surface area contributed by atoms with Crippen LogP contribution in [-0.4, -0.2) is 58.6 Å². The number of hydrogen-bond donors (Lipinski definition) is 3. The van der Waals surface area contributed by atoms with E-state index in [1.54, 1.807) is 24.3 Å². The van der Waals surface area contributed by atoms with Gasteiger partial charge in [0.1, 0.15) is 11.1 Å². The van der Waals surface area contributed by atoms with Gasteiger partial charge in [-0.25, -0.2) is 9.59 Å². The lowest BCUT2D eigenvalue weighted by atomic mass is 10.1. The molecule has 0 radical (unpaired) electrons. The van der Waals surface area contributed by atoms with Crippen molar-refractivity contribution < 1.29 is 28.8 Å². The molecule has 30 heavy (non-hydrogen) atoms. The van der Waals surface area contributed by atoms with Crippen molar-refractivity contribution in [2.24, 2.45) is 7.05 Å². The molecule has 3 N–H and O–H groups in total. The first-order valence-corrected chi connectivity index (χ1v) is 8.80. The highest BCUT2D eigenvalue weighted by atomic mass is 16.2. The van der Waals surface area contributed by atoms with Crippen LogP contribution in [0.4, 0.5) is 9.59 Å². The third kappa shape index (κ3) is 2.67. The predicted octanol–water partition coefficient (Wildman–Crippen LogP) is -2.40. The van der Waals surface area contributed by atoms with E-state index in [2.05, 4.69) is 5.32 Å². The van der Waals surface area contributed by atoms with Crippen LogP contribution in [0.5, 0.6) is 0 Å². The zero-order valence-electron chi connectivity index (χ0n) is 15.9. The van der Waals surface area contributed by atoms with E-state index in [4.69, 9.17) is 0 Å². The average Bonchev–Trinajstić information content (AvgIpc) is 2.92. The molecule has 0 saturated carbocycles. The van der Waals surface area contributed by atoms with Crippen LogP contribution in [0.1, 0.15) is 0 Å². The molecule has 11 heteroatoms. The van der Waals surface area contributed by atoms with Crippen LogP contribution in [0.15, 0.2) is 24.3 Å². The molecule has 11 nitrogen and oxygen atoms in total. The van der Waals surface area contributed by atoms with E-state index in [1.807, 2.05) is 10.6 Å². The Morgan fingerprint density at radius 2 is 1.33 bits per heavy atom. The number of barbiturate groups is 1. The lowest BCUT2D eigenvalue weighted by Gasteiger charge is -2.14. The van der Waals surface area contributed by atoms with Gasteiger partial charge in [-0.05, 0) is 0 Å². The van der Waals surface area contributed by atoms with E-state index in [0.29, 0.717) is 10.8 Å². The van der Waals surface area contributed by atoms with Gasteiger partial charge in [0.25, 0.3) is 17.7 Å². The van der Waals surface area contributed by atoms with Crippen molar-refractivity contribution in [3.63, 3.8) is 0 Å². The molecule has 0 unspecified atom stereocenters. The topological polar surface area (TPSA) is 147 Å². The van der Waals surface area contributed by atoms with Crippen LogP contribution >= 0.6 is 0 Å². The van der Waals surface area contributed by atoms with Crippen LogP contribution in [-0.2, 0) is 26.2 Å². The number of ketones is 1. The third-order valence-electron chi connectivity index (χ3n) is 4.99. The summed E-state index contributed by atoms with van der Waals surface area (Å²) in [6, 6.07) is 4.93. The number of aromatic nitrogens is 1. The van der Waals surface area contributed by atoms with Crippen LogP contribution in [0, 0.1) is 0 Å². The zero-order valence-corrected chi connectivity index (χ0v) is 15.9. The number of Topliss-reactive ketones (excluding diaryl/α,β-unsaturated/α-hetero) is 1. The molecule has 2 aromatic rings. The van der Waals surface area contributed by atoms with Gasteiger partial charge in [-0.15, -0.1) is 0 Å². The lowest BCUT2D eigenvalue weighted by molar-refractivity contribution is -0.123. The second-order valence-corrected chi connectivity index (χ2v) is 6.74. The molecule has 0 aliphatic carbocycles. The quantitative estimate of drug-likeness (QED) is 0.442. The molecule has 1 aromatic heterocycles. The molecular weight excluding hydrogens is 394 g/mol. The molecule has 4 rings (SSSR count). The van der Waals surface area contributed by atoms with E-state index in [-0.39, 0.29) is 28.4 Å². The minimum atomic E-state index is -0.942. The van der Waals surface area contributed by atoms with Crippen molar-refractivity contribution in [2.45, 2.75) is 0 Å². The summed E-state index contributed by atoms with van der Waals surface area (Å²) in [6.07, 6.45) is 0. The van der Waals surface area contributed by atoms with Crippen molar-refractivity contribution in [3.8, 4) is 0 Å². The third-order valence-corrected chi connectivity index (χ3v) is 4.99. The Bertz CT molecular complexity index is 1310. The molecule has 2 saturated heterocycles. The lowest BCUT2D eigenvalue weighted by Crippen LogP contribution is -2.53. The normalized spacial score (nSPS) is 19.7. The number of nitrogens with zero attached hydrogens (tertiary/aromatic N) is 2. The number of nitrogens with one attached hydrogen (secondary N) is 3.